The van der Waals surface area contributed by atoms with E-state index in [1.54, 1.807) is 0 Å². The van der Waals surface area contributed by atoms with Crippen LogP contribution in [0, 0.1) is 40.4 Å². The topological polar surface area (TPSA) is 26.0 Å². The highest BCUT2D eigenvalue weighted by atomic mass is 14.8. The second kappa shape index (κ2) is 4.73. The van der Waals surface area contributed by atoms with Crippen LogP contribution in [0.4, 0.5) is 0 Å². The van der Waals surface area contributed by atoms with E-state index in [0.29, 0.717) is 16.9 Å². The molecule has 8 atom stereocenters. The van der Waals surface area contributed by atoms with E-state index >= 15 is 0 Å². The Morgan fingerprint density at radius 3 is 2.48 bits per heavy atom. The summed E-state index contributed by atoms with van der Waals surface area (Å²) in [6, 6.07) is 0.459. The van der Waals surface area contributed by atoms with Crippen LogP contribution < -0.4 is 5.73 Å². The maximum absolute atomic E-state index is 6.65. The van der Waals surface area contributed by atoms with E-state index in [2.05, 4.69) is 20.8 Å². The Morgan fingerprint density at radius 1 is 0.857 bits per heavy atom. The predicted molar refractivity (Wildman–Crippen MR) is 88.9 cm³/mol. The van der Waals surface area contributed by atoms with Crippen LogP contribution in [0.5, 0.6) is 0 Å². The second-order valence-electron chi connectivity index (χ2n) is 9.69. The van der Waals surface area contributed by atoms with Crippen molar-refractivity contribution in [2.75, 3.05) is 0 Å². The van der Waals surface area contributed by atoms with Gasteiger partial charge in [-0.2, -0.15) is 0 Å². The molecular weight excluding hydrogens is 254 g/mol. The van der Waals surface area contributed by atoms with Crippen LogP contribution in [0.25, 0.3) is 0 Å². The lowest BCUT2D eigenvalue weighted by atomic mass is 9.45. The molecule has 0 aromatic rings. The van der Waals surface area contributed by atoms with Gasteiger partial charge in [0.1, 0.15) is 0 Å². The highest BCUT2D eigenvalue weighted by Gasteiger charge is 2.60. The van der Waals surface area contributed by atoms with E-state index in [-0.39, 0.29) is 0 Å². The standard InChI is InChI=1S/C20H35N/c1-13-12-17-15-8-7-14-6-4-5-10-19(14,2)16(15)9-11-20(17,3)18(13)21/h13-18H,4-12,21H2,1-3H3/t13?,14-,15-,16+,17+,18?,19+,20+/m1/s1. The molecule has 0 radical (unpaired) electrons. The summed E-state index contributed by atoms with van der Waals surface area (Å²) >= 11 is 0. The van der Waals surface area contributed by atoms with Gasteiger partial charge in [0, 0.05) is 6.04 Å². The third kappa shape index (κ3) is 1.85. The van der Waals surface area contributed by atoms with E-state index in [4.69, 9.17) is 5.73 Å². The molecule has 120 valence electrons. The Kier molecular flexibility index (Phi) is 3.27. The van der Waals surface area contributed by atoms with Gasteiger partial charge >= 0.3 is 0 Å². The predicted octanol–water partition coefficient (Wildman–Crippen LogP) is 4.99. The van der Waals surface area contributed by atoms with Gasteiger partial charge in [-0.15, -0.1) is 0 Å². The van der Waals surface area contributed by atoms with Crippen molar-refractivity contribution in [3.05, 3.63) is 0 Å². The van der Waals surface area contributed by atoms with E-state index in [1.807, 2.05) is 0 Å². The first kappa shape index (κ1) is 14.5. The molecule has 0 amide bonds. The Balaban J connectivity index is 1.65. The third-order valence-electron chi connectivity index (χ3n) is 9.02. The van der Waals surface area contributed by atoms with E-state index in [1.165, 1.54) is 57.8 Å². The Labute approximate surface area is 131 Å². The summed E-state index contributed by atoms with van der Waals surface area (Å²) in [7, 11) is 0. The fourth-order valence-electron chi connectivity index (χ4n) is 7.70. The maximum Gasteiger partial charge on any atom is 0.0122 e. The number of nitrogens with two attached hydrogens (primary N) is 1. The Hall–Kier alpha value is -0.0400. The highest BCUT2D eigenvalue weighted by Crippen LogP contribution is 2.66. The fourth-order valence-corrected chi connectivity index (χ4v) is 7.70. The molecule has 4 aliphatic carbocycles. The van der Waals surface area contributed by atoms with Crippen LogP contribution in [0.15, 0.2) is 0 Å². The first-order valence-corrected chi connectivity index (χ1v) is 9.72. The molecule has 0 aromatic heterocycles. The average Bonchev–Trinajstić information content (AvgIpc) is 2.70. The average molecular weight is 290 g/mol. The summed E-state index contributed by atoms with van der Waals surface area (Å²) in [6.07, 6.45) is 13.4. The van der Waals surface area contributed by atoms with Crippen molar-refractivity contribution in [3.63, 3.8) is 0 Å². The smallest absolute Gasteiger partial charge is 0.0122 e. The molecule has 0 aromatic carbocycles. The third-order valence-corrected chi connectivity index (χ3v) is 9.02. The lowest BCUT2D eigenvalue weighted by molar-refractivity contribution is -0.105. The van der Waals surface area contributed by atoms with Gasteiger partial charge in [0.25, 0.3) is 0 Å². The minimum Gasteiger partial charge on any atom is -0.327 e. The summed E-state index contributed by atoms with van der Waals surface area (Å²) in [5, 5.41) is 0. The first-order chi connectivity index (χ1) is 9.97. The van der Waals surface area contributed by atoms with Crippen LogP contribution in [-0.4, -0.2) is 6.04 Å². The molecule has 0 saturated heterocycles. The molecule has 2 unspecified atom stereocenters. The molecule has 4 fully saturated rings. The van der Waals surface area contributed by atoms with Crippen molar-refractivity contribution < 1.29 is 0 Å². The lowest BCUT2D eigenvalue weighted by Crippen LogP contribution is -2.54. The van der Waals surface area contributed by atoms with E-state index in [9.17, 15) is 0 Å². The molecule has 21 heavy (non-hydrogen) atoms. The first-order valence-electron chi connectivity index (χ1n) is 9.72. The van der Waals surface area contributed by atoms with Crippen LogP contribution in [0.1, 0.15) is 78.6 Å². The minimum absolute atomic E-state index is 0.457. The summed E-state index contributed by atoms with van der Waals surface area (Å²) in [5.41, 5.74) is 7.79. The van der Waals surface area contributed by atoms with E-state index in [0.717, 1.165) is 29.6 Å². The van der Waals surface area contributed by atoms with Crippen molar-refractivity contribution >= 4 is 0 Å². The number of hydrogen-bond donors (Lipinski definition) is 1. The Bertz CT molecular complexity index is 418. The van der Waals surface area contributed by atoms with Crippen molar-refractivity contribution in [2.45, 2.75) is 84.6 Å². The molecule has 1 nitrogen and oxygen atoms in total. The van der Waals surface area contributed by atoms with Crippen LogP contribution in [-0.2, 0) is 0 Å². The van der Waals surface area contributed by atoms with Crippen molar-refractivity contribution in [1.29, 1.82) is 0 Å². The minimum atomic E-state index is 0.457. The molecule has 0 spiro atoms. The number of hydrogen-bond acceptors (Lipinski definition) is 1. The molecule has 1 heteroatoms. The van der Waals surface area contributed by atoms with Gasteiger partial charge in [0.05, 0.1) is 0 Å². The van der Waals surface area contributed by atoms with Gasteiger partial charge in [-0.25, -0.2) is 0 Å². The van der Waals surface area contributed by atoms with Gasteiger partial charge in [0.15, 0.2) is 0 Å². The molecule has 0 heterocycles. The second-order valence-corrected chi connectivity index (χ2v) is 9.69. The molecular formula is C20H35N. The van der Waals surface area contributed by atoms with Gasteiger partial charge in [-0.05, 0) is 85.4 Å². The van der Waals surface area contributed by atoms with Gasteiger partial charge in [-0.3, -0.25) is 0 Å². The normalized spacial score (nSPS) is 60.0. The zero-order valence-corrected chi connectivity index (χ0v) is 14.4. The van der Waals surface area contributed by atoms with Crippen molar-refractivity contribution in [3.8, 4) is 0 Å². The molecule has 0 bridgehead atoms. The zero-order valence-electron chi connectivity index (χ0n) is 14.4. The highest BCUT2D eigenvalue weighted by molar-refractivity contribution is 5.11. The molecule has 4 rings (SSSR count). The van der Waals surface area contributed by atoms with E-state index < -0.39 is 0 Å². The SMILES string of the molecule is CC1C[C@H]2[C@@H]3CC[C@H]4CCCC[C@]4(C)[C@H]3CC[C@]2(C)C1N. The van der Waals surface area contributed by atoms with Gasteiger partial charge < -0.3 is 5.73 Å². The van der Waals surface area contributed by atoms with Gasteiger partial charge in [-0.1, -0.05) is 33.6 Å². The largest absolute Gasteiger partial charge is 0.327 e. The van der Waals surface area contributed by atoms with Crippen LogP contribution in [0.2, 0.25) is 0 Å². The molecule has 4 aliphatic rings. The molecule has 2 N–H and O–H groups in total. The maximum atomic E-state index is 6.65. The molecule has 4 saturated carbocycles. The summed E-state index contributed by atoms with van der Waals surface area (Å²) in [6.45, 7) is 7.63. The quantitative estimate of drug-likeness (QED) is 0.668. The Morgan fingerprint density at radius 2 is 1.67 bits per heavy atom. The lowest BCUT2D eigenvalue weighted by Gasteiger charge is -2.60. The van der Waals surface area contributed by atoms with Crippen LogP contribution in [0.3, 0.4) is 0 Å². The summed E-state index contributed by atoms with van der Waals surface area (Å²) in [4.78, 5) is 0. The molecule has 0 aliphatic heterocycles. The van der Waals surface area contributed by atoms with Crippen molar-refractivity contribution in [2.24, 2.45) is 46.2 Å². The monoisotopic (exact) mass is 289 g/mol. The summed E-state index contributed by atoms with van der Waals surface area (Å²) < 4.78 is 0. The summed E-state index contributed by atoms with van der Waals surface area (Å²) in [5.74, 6) is 4.74. The zero-order chi connectivity index (χ0) is 14.8. The fraction of sp³-hybridized carbons (Fsp3) is 1.00. The van der Waals surface area contributed by atoms with Crippen molar-refractivity contribution in [1.82, 2.24) is 0 Å². The number of fused-ring (bicyclic) bond motifs is 5. The number of rotatable bonds is 0. The van der Waals surface area contributed by atoms with Crippen LogP contribution >= 0.6 is 0 Å². The van der Waals surface area contributed by atoms with Gasteiger partial charge in [0.2, 0.25) is 0 Å².